The topological polar surface area (TPSA) is 66.9 Å². The van der Waals surface area contributed by atoms with E-state index in [1.165, 1.54) is 28.0 Å². The molecule has 0 unspecified atom stereocenters. The first-order chi connectivity index (χ1) is 14.4. The van der Waals surface area contributed by atoms with Gasteiger partial charge in [0.25, 0.3) is 5.91 Å². The number of rotatable bonds is 5. The summed E-state index contributed by atoms with van der Waals surface area (Å²) in [6, 6.07) is 10.1. The molecule has 1 saturated heterocycles. The molecule has 4 rings (SSSR count). The van der Waals surface area contributed by atoms with Crippen molar-refractivity contribution in [3.63, 3.8) is 0 Å². The fraction of sp³-hybridized carbons (Fsp3) is 0.227. The number of ether oxygens (including phenoxy) is 1. The SMILES string of the molecule is C=CCN1C(=O)c2ccccc2N2C(=O)CC[C@]12C(=O)OCc1cccc(F)c1F. The zero-order valence-corrected chi connectivity index (χ0v) is 15.9. The molecule has 0 saturated carbocycles. The Balaban J connectivity index is 1.75. The number of halogens is 2. The molecule has 1 fully saturated rings. The highest BCUT2D eigenvalue weighted by molar-refractivity contribution is 6.15. The van der Waals surface area contributed by atoms with Gasteiger partial charge in [-0.15, -0.1) is 6.58 Å². The number of hydrogen-bond acceptors (Lipinski definition) is 4. The van der Waals surface area contributed by atoms with Crippen LogP contribution >= 0.6 is 0 Å². The number of para-hydroxylation sites is 1. The average molecular weight is 412 g/mol. The molecule has 2 aliphatic rings. The largest absolute Gasteiger partial charge is 0.458 e. The summed E-state index contributed by atoms with van der Waals surface area (Å²) in [6.07, 6.45) is 1.50. The van der Waals surface area contributed by atoms with Crippen molar-refractivity contribution >= 4 is 23.5 Å². The number of fused-ring (bicyclic) bond motifs is 3. The maximum absolute atomic E-state index is 14.0. The molecule has 2 amide bonds. The van der Waals surface area contributed by atoms with Crippen LogP contribution in [0.3, 0.4) is 0 Å². The minimum Gasteiger partial charge on any atom is -0.458 e. The number of amides is 2. The van der Waals surface area contributed by atoms with Crippen LogP contribution in [0.4, 0.5) is 14.5 Å². The Morgan fingerprint density at radius 2 is 1.93 bits per heavy atom. The molecule has 1 atom stereocenters. The fourth-order valence-electron chi connectivity index (χ4n) is 4.05. The van der Waals surface area contributed by atoms with Gasteiger partial charge in [0, 0.05) is 24.9 Å². The molecular weight excluding hydrogens is 394 g/mol. The normalized spacial score (nSPS) is 20.1. The molecule has 0 aliphatic carbocycles. The third-order valence-corrected chi connectivity index (χ3v) is 5.40. The molecule has 2 aromatic rings. The smallest absolute Gasteiger partial charge is 0.354 e. The number of hydrogen-bond donors (Lipinski definition) is 0. The van der Waals surface area contributed by atoms with Gasteiger partial charge in [0.2, 0.25) is 11.6 Å². The van der Waals surface area contributed by atoms with Crippen molar-refractivity contribution in [2.45, 2.75) is 25.1 Å². The van der Waals surface area contributed by atoms with Gasteiger partial charge in [-0.05, 0) is 18.2 Å². The summed E-state index contributed by atoms with van der Waals surface area (Å²) >= 11 is 0. The van der Waals surface area contributed by atoms with Crippen molar-refractivity contribution in [1.29, 1.82) is 0 Å². The van der Waals surface area contributed by atoms with E-state index in [4.69, 9.17) is 4.74 Å². The minimum absolute atomic E-state index is 0.000371. The Morgan fingerprint density at radius 1 is 1.17 bits per heavy atom. The highest BCUT2D eigenvalue weighted by atomic mass is 19.2. The molecule has 8 heteroatoms. The average Bonchev–Trinajstić information content (AvgIpc) is 3.10. The third-order valence-electron chi connectivity index (χ3n) is 5.40. The second-order valence-electron chi connectivity index (χ2n) is 7.06. The predicted octanol–water partition coefficient (Wildman–Crippen LogP) is 3.17. The van der Waals surface area contributed by atoms with Crippen LogP contribution in [0.1, 0.15) is 28.8 Å². The summed E-state index contributed by atoms with van der Waals surface area (Å²) < 4.78 is 32.8. The third kappa shape index (κ3) is 2.79. The number of esters is 1. The van der Waals surface area contributed by atoms with Gasteiger partial charge >= 0.3 is 5.97 Å². The lowest BCUT2D eigenvalue weighted by atomic mass is 9.96. The quantitative estimate of drug-likeness (QED) is 0.559. The number of anilines is 1. The molecule has 0 N–H and O–H groups in total. The van der Waals surface area contributed by atoms with E-state index in [2.05, 4.69) is 6.58 Å². The number of benzene rings is 2. The molecule has 0 spiro atoms. The maximum Gasteiger partial charge on any atom is 0.354 e. The second kappa shape index (κ2) is 7.37. The molecule has 2 aromatic carbocycles. The first kappa shape index (κ1) is 19.8. The van der Waals surface area contributed by atoms with Gasteiger partial charge in [0.15, 0.2) is 11.6 Å². The van der Waals surface area contributed by atoms with Gasteiger partial charge in [-0.25, -0.2) is 13.6 Å². The van der Waals surface area contributed by atoms with Crippen molar-refractivity contribution in [2.75, 3.05) is 11.4 Å². The molecule has 154 valence electrons. The molecule has 30 heavy (non-hydrogen) atoms. The molecule has 0 aromatic heterocycles. The Kier molecular flexibility index (Phi) is 4.85. The van der Waals surface area contributed by atoms with E-state index in [9.17, 15) is 23.2 Å². The van der Waals surface area contributed by atoms with Crippen molar-refractivity contribution in [1.82, 2.24) is 4.90 Å². The molecule has 2 heterocycles. The fourth-order valence-corrected chi connectivity index (χ4v) is 4.05. The van der Waals surface area contributed by atoms with Crippen LogP contribution in [-0.2, 0) is 20.9 Å². The van der Waals surface area contributed by atoms with E-state index in [0.29, 0.717) is 5.69 Å². The molecule has 0 radical (unpaired) electrons. The lowest BCUT2D eigenvalue weighted by Gasteiger charge is -2.48. The van der Waals surface area contributed by atoms with Crippen molar-refractivity contribution < 1.29 is 27.9 Å². The molecule has 6 nitrogen and oxygen atoms in total. The summed E-state index contributed by atoms with van der Waals surface area (Å²) in [7, 11) is 0. The summed E-state index contributed by atoms with van der Waals surface area (Å²) in [4.78, 5) is 41.7. The Labute approximate surface area is 171 Å². The van der Waals surface area contributed by atoms with E-state index in [-0.39, 0.29) is 36.4 Å². The van der Waals surface area contributed by atoms with Gasteiger partial charge in [-0.2, -0.15) is 0 Å². The standard InChI is InChI=1S/C22H18F2N2O4/c1-2-12-25-20(28)15-7-3-4-9-17(15)26-18(27)10-11-22(25,26)21(29)30-13-14-6-5-8-16(23)19(14)24/h2-9H,1,10-13H2/t22-/m0/s1. The van der Waals surface area contributed by atoms with Gasteiger partial charge < -0.3 is 9.64 Å². The summed E-state index contributed by atoms with van der Waals surface area (Å²) in [5.74, 6) is -3.84. The molecule has 0 bridgehead atoms. The van der Waals surface area contributed by atoms with Crippen molar-refractivity contribution in [2.24, 2.45) is 0 Å². The maximum atomic E-state index is 14.0. The van der Waals surface area contributed by atoms with Gasteiger partial charge in [0.05, 0.1) is 11.3 Å². The second-order valence-corrected chi connectivity index (χ2v) is 7.06. The summed E-state index contributed by atoms with van der Waals surface area (Å²) in [5, 5.41) is 0. The Bertz CT molecular complexity index is 1070. The minimum atomic E-state index is -1.71. The Hall–Kier alpha value is -3.55. The number of nitrogens with zero attached hydrogens (tertiary/aromatic N) is 2. The van der Waals surface area contributed by atoms with Crippen LogP contribution in [0.15, 0.2) is 55.1 Å². The van der Waals surface area contributed by atoms with Gasteiger partial charge in [-0.3, -0.25) is 14.5 Å². The van der Waals surface area contributed by atoms with Crippen LogP contribution in [-0.4, -0.2) is 34.9 Å². The van der Waals surface area contributed by atoms with E-state index < -0.39 is 35.8 Å². The van der Waals surface area contributed by atoms with Gasteiger partial charge in [-0.1, -0.05) is 30.3 Å². The first-order valence-electron chi connectivity index (χ1n) is 9.37. The highest BCUT2D eigenvalue weighted by Gasteiger charge is 2.61. The van der Waals surface area contributed by atoms with Crippen molar-refractivity contribution in [3.8, 4) is 0 Å². The Morgan fingerprint density at radius 3 is 2.70 bits per heavy atom. The zero-order valence-electron chi connectivity index (χ0n) is 15.9. The molecule has 2 aliphatic heterocycles. The van der Waals surface area contributed by atoms with E-state index >= 15 is 0 Å². The van der Waals surface area contributed by atoms with Crippen LogP contribution in [0.2, 0.25) is 0 Å². The van der Waals surface area contributed by atoms with Crippen molar-refractivity contribution in [3.05, 3.63) is 77.9 Å². The highest BCUT2D eigenvalue weighted by Crippen LogP contribution is 2.45. The van der Waals surface area contributed by atoms with Crippen LogP contribution < -0.4 is 4.90 Å². The van der Waals surface area contributed by atoms with E-state index in [1.807, 2.05) is 0 Å². The lowest BCUT2D eigenvalue weighted by molar-refractivity contribution is -0.158. The molecular formula is C22H18F2N2O4. The summed E-state index contributed by atoms with van der Waals surface area (Å²) in [6.45, 7) is 3.11. The monoisotopic (exact) mass is 412 g/mol. The zero-order chi connectivity index (χ0) is 21.5. The van der Waals surface area contributed by atoms with E-state index in [0.717, 1.165) is 6.07 Å². The summed E-state index contributed by atoms with van der Waals surface area (Å²) in [5.41, 5.74) is -1.25. The van der Waals surface area contributed by atoms with Crippen LogP contribution in [0.25, 0.3) is 0 Å². The van der Waals surface area contributed by atoms with E-state index in [1.54, 1.807) is 24.3 Å². The lowest BCUT2D eigenvalue weighted by Crippen LogP contribution is -2.68. The van der Waals surface area contributed by atoms with Gasteiger partial charge in [0.1, 0.15) is 6.61 Å². The number of carbonyl (C=O) groups excluding carboxylic acids is 3. The first-order valence-corrected chi connectivity index (χ1v) is 9.37. The van der Waals surface area contributed by atoms with Crippen LogP contribution in [0.5, 0.6) is 0 Å². The predicted molar refractivity (Wildman–Crippen MR) is 103 cm³/mol. The number of carbonyl (C=O) groups is 3. The van der Waals surface area contributed by atoms with Crippen LogP contribution in [0, 0.1) is 11.6 Å².